The van der Waals surface area contributed by atoms with E-state index in [0.717, 1.165) is 11.4 Å². The lowest BCUT2D eigenvalue weighted by Crippen LogP contribution is -2.49. The molecule has 28 heavy (non-hydrogen) atoms. The molecule has 1 aliphatic rings. The highest BCUT2D eigenvalue weighted by molar-refractivity contribution is 6.30. The molecular weight excluding hydrogens is 379 g/mol. The second-order valence-corrected chi connectivity index (χ2v) is 7.20. The highest BCUT2D eigenvalue weighted by Gasteiger charge is 2.26. The van der Waals surface area contributed by atoms with Crippen molar-refractivity contribution in [3.05, 3.63) is 76.8 Å². The maximum absolute atomic E-state index is 14.0. The average molecular weight is 399 g/mol. The van der Waals surface area contributed by atoms with Crippen LogP contribution in [-0.2, 0) is 0 Å². The van der Waals surface area contributed by atoms with Gasteiger partial charge in [0.15, 0.2) is 0 Å². The van der Waals surface area contributed by atoms with E-state index in [1.54, 1.807) is 34.0 Å². The molecule has 5 nitrogen and oxygen atoms in total. The van der Waals surface area contributed by atoms with E-state index in [1.807, 2.05) is 36.1 Å². The van der Waals surface area contributed by atoms with Gasteiger partial charge in [-0.05, 0) is 37.3 Å². The summed E-state index contributed by atoms with van der Waals surface area (Å²) < 4.78 is 15.7. The van der Waals surface area contributed by atoms with Crippen molar-refractivity contribution in [2.24, 2.45) is 0 Å². The minimum Gasteiger partial charge on any atom is -0.366 e. The summed E-state index contributed by atoms with van der Waals surface area (Å²) in [5, 5.41) is 4.98. The Morgan fingerprint density at radius 1 is 1.07 bits per heavy atom. The molecule has 1 aliphatic heterocycles. The highest BCUT2D eigenvalue weighted by Crippen LogP contribution is 2.22. The van der Waals surface area contributed by atoms with Gasteiger partial charge in [-0.25, -0.2) is 9.07 Å². The van der Waals surface area contributed by atoms with Crippen molar-refractivity contribution in [1.82, 2.24) is 14.7 Å². The van der Waals surface area contributed by atoms with Gasteiger partial charge in [0.1, 0.15) is 5.82 Å². The number of rotatable bonds is 3. The zero-order valence-corrected chi connectivity index (χ0v) is 16.2. The monoisotopic (exact) mass is 398 g/mol. The summed E-state index contributed by atoms with van der Waals surface area (Å²) in [5.74, 6) is -0.292. The molecule has 3 aromatic rings. The number of halogens is 2. The van der Waals surface area contributed by atoms with Gasteiger partial charge in [0, 0.05) is 31.2 Å². The summed E-state index contributed by atoms with van der Waals surface area (Å²) in [5.41, 5.74) is 2.73. The molecule has 1 aromatic heterocycles. The summed E-state index contributed by atoms with van der Waals surface area (Å²) in [6.07, 6.45) is 1.60. The van der Waals surface area contributed by atoms with Crippen LogP contribution < -0.4 is 4.90 Å². The zero-order chi connectivity index (χ0) is 19.7. The third-order valence-electron chi connectivity index (χ3n) is 5.05. The van der Waals surface area contributed by atoms with E-state index in [2.05, 4.69) is 5.10 Å². The van der Waals surface area contributed by atoms with Crippen molar-refractivity contribution in [2.45, 2.75) is 6.92 Å². The van der Waals surface area contributed by atoms with Gasteiger partial charge in [0.05, 0.1) is 28.8 Å². The Bertz CT molecular complexity index is 1010. The van der Waals surface area contributed by atoms with Crippen LogP contribution in [0.3, 0.4) is 0 Å². The highest BCUT2D eigenvalue weighted by atomic mass is 35.5. The van der Waals surface area contributed by atoms with Crippen LogP contribution in [0, 0.1) is 12.7 Å². The third-order valence-corrected chi connectivity index (χ3v) is 5.29. The first-order valence-electron chi connectivity index (χ1n) is 9.14. The van der Waals surface area contributed by atoms with Gasteiger partial charge in [0.25, 0.3) is 5.91 Å². The van der Waals surface area contributed by atoms with E-state index < -0.39 is 0 Å². The number of para-hydroxylation sites is 1. The van der Waals surface area contributed by atoms with E-state index in [0.29, 0.717) is 42.5 Å². The zero-order valence-electron chi connectivity index (χ0n) is 15.5. The third kappa shape index (κ3) is 3.47. The molecular formula is C21H20ClFN4O. The Labute approximate surface area is 167 Å². The van der Waals surface area contributed by atoms with Crippen molar-refractivity contribution < 1.29 is 9.18 Å². The first-order chi connectivity index (χ1) is 13.5. The number of hydrogen-bond acceptors (Lipinski definition) is 3. The fourth-order valence-electron chi connectivity index (χ4n) is 3.52. The van der Waals surface area contributed by atoms with Gasteiger partial charge < -0.3 is 9.80 Å². The Morgan fingerprint density at radius 2 is 1.82 bits per heavy atom. The first-order valence-corrected chi connectivity index (χ1v) is 9.51. The minimum absolute atomic E-state index is 0.0565. The smallest absolute Gasteiger partial charge is 0.257 e. The van der Waals surface area contributed by atoms with Crippen LogP contribution in [0.2, 0.25) is 5.02 Å². The van der Waals surface area contributed by atoms with Gasteiger partial charge in [-0.1, -0.05) is 29.8 Å². The first kappa shape index (κ1) is 18.5. The summed E-state index contributed by atoms with van der Waals surface area (Å²) in [7, 11) is 0. The number of aromatic nitrogens is 2. The van der Waals surface area contributed by atoms with Crippen molar-refractivity contribution in [2.75, 3.05) is 31.1 Å². The molecule has 1 amide bonds. The number of hydrogen-bond donors (Lipinski definition) is 0. The van der Waals surface area contributed by atoms with E-state index in [4.69, 9.17) is 11.6 Å². The minimum atomic E-state index is -0.235. The normalized spacial score (nSPS) is 14.4. The molecule has 1 fully saturated rings. The Morgan fingerprint density at radius 3 is 2.54 bits per heavy atom. The molecule has 0 unspecified atom stereocenters. The van der Waals surface area contributed by atoms with Crippen LogP contribution in [-0.4, -0.2) is 46.8 Å². The van der Waals surface area contributed by atoms with Crippen molar-refractivity contribution >= 4 is 23.2 Å². The van der Waals surface area contributed by atoms with Gasteiger partial charge in [-0.15, -0.1) is 0 Å². The molecule has 0 aliphatic carbocycles. The fourth-order valence-corrected chi connectivity index (χ4v) is 3.70. The maximum atomic E-state index is 14.0. The summed E-state index contributed by atoms with van der Waals surface area (Å²) in [6, 6.07) is 14.1. The molecule has 0 N–H and O–H groups in total. The molecule has 0 spiro atoms. The standard InChI is InChI=1S/C21H20ClFN4O/c1-15-18(14-24-27(15)17-6-4-5-16(22)13-17)21(28)26-11-9-25(10-12-26)20-8-3-2-7-19(20)23/h2-8,13-14H,9-12H2,1H3. The van der Waals surface area contributed by atoms with Crippen LogP contribution in [0.15, 0.2) is 54.7 Å². The van der Waals surface area contributed by atoms with Crippen LogP contribution in [0.4, 0.5) is 10.1 Å². The van der Waals surface area contributed by atoms with Gasteiger partial charge >= 0.3 is 0 Å². The quantitative estimate of drug-likeness (QED) is 0.671. The molecule has 0 radical (unpaired) electrons. The lowest BCUT2D eigenvalue weighted by atomic mass is 10.2. The lowest BCUT2D eigenvalue weighted by molar-refractivity contribution is 0.0746. The molecule has 2 heterocycles. The number of nitrogens with zero attached hydrogens (tertiary/aromatic N) is 4. The number of carbonyl (C=O) groups excluding carboxylic acids is 1. The molecule has 2 aromatic carbocycles. The number of carbonyl (C=O) groups is 1. The number of anilines is 1. The van der Waals surface area contributed by atoms with Crippen molar-refractivity contribution in [3.8, 4) is 5.69 Å². The predicted molar refractivity (Wildman–Crippen MR) is 108 cm³/mol. The SMILES string of the molecule is Cc1c(C(=O)N2CCN(c3ccccc3F)CC2)cnn1-c1cccc(Cl)c1. The predicted octanol–water partition coefficient (Wildman–Crippen LogP) is 3.94. The Kier molecular flexibility index (Phi) is 5.05. The van der Waals surface area contributed by atoms with Crippen molar-refractivity contribution in [1.29, 1.82) is 0 Å². The Hall–Kier alpha value is -2.86. The Balaban J connectivity index is 1.48. The summed E-state index contributed by atoms with van der Waals surface area (Å²) >= 11 is 6.07. The van der Waals surface area contributed by atoms with Gasteiger partial charge in [0.2, 0.25) is 0 Å². The number of piperazine rings is 1. The molecule has 0 bridgehead atoms. The van der Waals surface area contributed by atoms with Crippen LogP contribution in [0.25, 0.3) is 5.69 Å². The van der Waals surface area contributed by atoms with E-state index in [1.165, 1.54) is 6.07 Å². The topological polar surface area (TPSA) is 41.4 Å². The van der Waals surface area contributed by atoms with Crippen LogP contribution >= 0.6 is 11.6 Å². The molecule has 0 saturated carbocycles. The average Bonchev–Trinajstić information content (AvgIpc) is 3.09. The number of benzene rings is 2. The molecule has 4 rings (SSSR count). The van der Waals surface area contributed by atoms with Crippen molar-refractivity contribution in [3.63, 3.8) is 0 Å². The summed E-state index contributed by atoms with van der Waals surface area (Å²) in [6.45, 7) is 4.13. The van der Waals surface area contributed by atoms with Crippen LogP contribution in [0.5, 0.6) is 0 Å². The van der Waals surface area contributed by atoms with Crippen LogP contribution in [0.1, 0.15) is 16.1 Å². The maximum Gasteiger partial charge on any atom is 0.257 e. The van der Waals surface area contributed by atoms with Gasteiger partial charge in [-0.2, -0.15) is 5.10 Å². The largest absolute Gasteiger partial charge is 0.366 e. The second kappa shape index (κ2) is 7.64. The molecule has 7 heteroatoms. The number of amides is 1. The van der Waals surface area contributed by atoms with E-state index >= 15 is 0 Å². The fraction of sp³-hybridized carbons (Fsp3) is 0.238. The molecule has 1 saturated heterocycles. The second-order valence-electron chi connectivity index (χ2n) is 6.77. The van der Waals surface area contributed by atoms with Gasteiger partial charge in [-0.3, -0.25) is 4.79 Å². The summed E-state index contributed by atoms with van der Waals surface area (Å²) in [4.78, 5) is 16.8. The van der Waals surface area contributed by atoms with E-state index in [-0.39, 0.29) is 11.7 Å². The lowest BCUT2D eigenvalue weighted by Gasteiger charge is -2.36. The molecule has 144 valence electrons. The van der Waals surface area contributed by atoms with E-state index in [9.17, 15) is 9.18 Å². The molecule has 0 atom stereocenters.